The fourth-order valence-electron chi connectivity index (χ4n) is 0.895. The maximum absolute atomic E-state index is 11.5. The Kier molecular flexibility index (Phi) is 3.02. The molecular formula is C8H5BrN4OS. The number of pyridine rings is 1. The SMILES string of the molecule is O=C(Nc1ccc(Br)cn1)c1cnns1. The van der Waals surface area contributed by atoms with Crippen LogP contribution in [0.1, 0.15) is 9.67 Å². The third-order valence-corrected chi connectivity index (χ3v) is 2.69. The topological polar surface area (TPSA) is 67.8 Å². The van der Waals surface area contributed by atoms with Gasteiger partial charge in [0.25, 0.3) is 5.91 Å². The molecule has 2 heterocycles. The number of amides is 1. The van der Waals surface area contributed by atoms with Gasteiger partial charge in [-0.05, 0) is 39.6 Å². The molecule has 0 bridgehead atoms. The molecule has 1 amide bonds. The van der Waals surface area contributed by atoms with E-state index in [1.54, 1.807) is 18.3 Å². The number of rotatable bonds is 2. The number of hydrogen-bond donors (Lipinski definition) is 1. The summed E-state index contributed by atoms with van der Waals surface area (Å²) in [6, 6.07) is 3.50. The van der Waals surface area contributed by atoms with Crippen molar-refractivity contribution in [2.24, 2.45) is 0 Å². The van der Waals surface area contributed by atoms with E-state index in [0.29, 0.717) is 10.7 Å². The van der Waals surface area contributed by atoms with Gasteiger partial charge >= 0.3 is 0 Å². The predicted octanol–water partition coefficient (Wildman–Crippen LogP) is 1.95. The normalized spacial score (nSPS) is 9.93. The van der Waals surface area contributed by atoms with E-state index < -0.39 is 0 Å². The minimum Gasteiger partial charge on any atom is -0.306 e. The van der Waals surface area contributed by atoms with Crippen molar-refractivity contribution in [3.63, 3.8) is 0 Å². The molecule has 0 aliphatic rings. The molecule has 0 aromatic carbocycles. The monoisotopic (exact) mass is 284 g/mol. The number of aromatic nitrogens is 3. The van der Waals surface area contributed by atoms with Gasteiger partial charge in [-0.25, -0.2) is 4.98 Å². The number of nitrogens with one attached hydrogen (secondary N) is 1. The molecule has 0 aliphatic carbocycles. The molecule has 0 saturated carbocycles. The maximum atomic E-state index is 11.5. The summed E-state index contributed by atoms with van der Waals surface area (Å²) in [5, 5.41) is 6.21. The van der Waals surface area contributed by atoms with Gasteiger partial charge in [0, 0.05) is 10.7 Å². The third kappa shape index (κ3) is 2.57. The van der Waals surface area contributed by atoms with E-state index in [4.69, 9.17) is 0 Å². The molecule has 15 heavy (non-hydrogen) atoms. The lowest BCUT2D eigenvalue weighted by Gasteiger charge is -2.00. The summed E-state index contributed by atoms with van der Waals surface area (Å²) >= 11 is 4.30. The zero-order chi connectivity index (χ0) is 10.7. The van der Waals surface area contributed by atoms with Gasteiger partial charge in [0.2, 0.25) is 0 Å². The minimum absolute atomic E-state index is 0.250. The number of carbonyl (C=O) groups excluding carboxylic acids is 1. The van der Waals surface area contributed by atoms with Gasteiger partial charge < -0.3 is 5.32 Å². The molecule has 76 valence electrons. The molecule has 0 unspecified atom stereocenters. The van der Waals surface area contributed by atoms with Crippen molar-refractivity contribution in [1.29, 1.82) is 0 Å². The second-order valence-electron chi connectivity index (χ2n) is 2.60. The molecule has 0 saturated heterocycles. The second kappa shape index (κ2) is 4.45. The van der Waals surface area contributed by atoms with Crippen LogP contribution in [0, 0.1) is 0 Å². The van der Waals surface area contributed by atoms with Crippen LogP contribution in [-0.2, 0) is 0 Å². The van der Waals surface area contributed by atoms with Crippen LogP contribution in [0.25, 0.3) is 0 Å². The molecule has 5 nitrogen and oxygen atoms in total. The Morgan fingerprint density at radius 2 is 2.27 bits per heavy atom. The van der Waals surface area contributed by atoms with Crippen LogP contribution in [0.2, 0.25) is 0 Å². The van der Waals surface area contributed by atoms with E-state index in [0.717, 1.165) is 16.0 Å². The van der Waals surface area contributed by atoms with E-state index in [9.17, 15) is 4.79 Å². The first kappa shape index (κ1) is 10.2. The van der Waals surface area contributed by atoms with E-state index in [1.165, 1.54) is 6.20 Å². The fourth-order valence-corrected chi connectivity index (χ4v) is 1.54. The van der Waals surface area contributed by atoms with Crippen LogP contribution in [0.3, 0.4) is 0 Å². The zero-order valence-electron chi connectivity index (χ0n) is 7.35. The number of carbonyl (C=O) groups is 1. The summed E-state index contributed by atoms with van der Waals surface area (Å²) in [6.07, 6.45) is 3.03. The highest BCUT2D eigenvalue weighted by Gasteiger charge is 2.08. The molecule has 0 radical (unpaired) electrons. The van der Waals surface area contributed by atoms with Gasteiger partial charge in [-0.15, -0.1) is 5.10 Å². The Labute approximate surface area is 97.8 Å². The van der Waals surface area contributed by atoms with Crippen molar-refractivity contribution in [1.82, 2.24) is 14.6 Å². The molecule has 2 aromatic heterocycles. The molecule has 0 fully saturated rings. The Bertz CT molecular complexity index is 456. The Hall–Kier alpha value is -1.34. The third-order valence-electron chi connectivity index (χ3n) is 1.55. The fraction of sp³-hybridized carbons (Fsp3) is 0. The number of hydrogen-bond acceptors (Lipinski definition) is 5. The zero-order valence-corrected chi connectivity index (χ0v) is 9.75. The highest BCUT2D eigenvalue weighted by Crippen LogP contribution is 2.12. The van der Waals surface area contributed by atoms with Crippen LogP contribution in [0.4, 0.5) is 5.82 Å². The largest absolute Gasteiger partial charge is 0.306 e. The molecule has 7 heteroatoms. The van der Waals surface area contributed by atoms with Crippen LogP contribution in [0.15, 0.2) is 29.0 Å². The number of anilines is 1. The van der Waals surface area contributed by atoms with Crippen LogP contribution in [0.5, 0.6) is 0 Å². The van der Waals surface area contributed by atoms with E-state index in [2.05, 4.69) is 35.8 Å². The van der Waals surface area contributed by atoms with Gasteiger partial charge in [0.1, 0.15) is 10.7 Å². The highest BCUT2D eigenvalue weighted by atomic mass is 79.9. The lowest BCUT2D eigenvalue weighted by atomic mass is 10.4. The van der Waals surface area contributed by atoms with Crippen molar-refractivity contribution >= 4 is 39.2 Å². The van der Waals surface area contributed by atoms with Crippen molar-refractivity contribution in [2.45, 2.75) is 0 Å². The summed E-state index contributed by atoms with van der Waals surface area (Å²) < 4.78 is 4.46. The van der Waals surface area contributed by atoms with Crippen LogP contribution < -0.4 is 5.32 Å². The summed E-state index contributed by atoms with van der Waals surface area (Å²) in [5.74, 6) is 0.247. The Morgan fingerprint density at radius 1 is 1.40 bits per heavy atom. The predicted molar refractivity (Wildman–Crippen MR) is 59.8 cm³/mol. The van der Waals surface area contributed by atoms with E-state index in [-0.39, 0.29) is 5.91 Å². The van der Waals surface area contributed by atoms with E-state index >= 15 is 0 Å². The Balaban J connectivity index is 2.09. The van der Waals surface area contributed by atoms with Gasteiger partial charge in [0.05, 0.1) is 6.20 Å². The number of nitrogens with zero attached hydrogens (tertiary/aromatic N) is 3. The van der Waals surface area contributed by atoms with Crippen LogP contribution in [-0.4, -0.2) is 20.5 Å². The molecule has 2 aromatic rings. The van der Waals surface area contributed by atoms with Crippen molar-refractivity contribution in [3.8, 4) is 0 Å². The van der Waals surface area contributed by atoms with Gasteiger partial charge in [-0.2, -0.15) is 0 Å². The summed E-state index contributed by atoms with van der Waals surface area (Å²) in [7, 11) is 0. The Morgan fingerprint density at radius 3 is 2.87 bits per heavy atom. The standard InChI is InChI=1S/C8H5BrN4OS/c9-5-1-2-7(10-3-5)12-8(14)6-4-11-13-15-6/h1-4H,(H,10,12,14). The molecule has 1 N–H and O–H groups in total. The van der Waals surface area contributed by atoms with E-state index in [1.807, 2.05) is 0 Å². The molecule has 0 atom stereocenters. The minimum atomic E-state index is -0.250. The first-order valence-corrected chi connectivity index (χ1v) is 5.52. The average Bonchev–Trinajstić information content (AvgIpc) is 2.74. The van der Waals surface area contributed by atoms with Crippen LogP contribution >= 0.6 is 27.5 Å². The second-order valence-corrected chi connectivity index (χ2v) is 4.30. The molecule has 0 aliphatic heterocycles. The molecular weight excluding hydrogens is 280 g/mol. The lowest BCUT2D eigenvalue weighted by Crippen LogP contribution is -2.11. The average molecular weight is 285 g/mol. The first-order valence-electron chi connectivity index (χ1n) is 3.96. The molecule has 0 spiro atoms. The lowest BCUT2D eigenvalue weighted by molar-refractivity contribution is 0.103. The van der Waals surface area contributed by atoms with Crippen molar-refractivity contribution in [2.75, 3.05) is 5.32 Å². The first-order chi connectivity index (χ1) is 7.25. The van der Waals surface area contributed by atoms with Crippen molar-refractivity contribution in [3.05, 3.63) is 33.9 Å². The quantitative estimate of drug-likeness (QED) is 0.915. The summed E-state index contributed by atoms with van der Waals surface area (Å²) in [6.45, 7) is 0. The smallest absolute Gasteiger partial charge is 0.270 e. The number of halogens is 1. The van der Waals surface area contributed by atoms with Gasteiger partial charge in [-0.3, -0.25) is 4.79 Å². The van der Waals surface area contributed by atoms with Gasteiger partial charge in [0.15, 0.2) is 0 Å². The summed E-state index contributed by atoms with van der Waals surface area (Å²) in [4.78, 5) is 16.0. The maximum Gasteiger partial charge on any atom is 0.270 e. The summed E-state index contributed by atoms with van der Waals surface area (Å²) in [5.41, 5.74) is 0. The highest BCUT2D eigenvalue weighted by molar-refractivity contribution is 9.10. The van der Waals surface area contributed by atoms with Gasteiger partial charge in [-0.1, -0.05) is 4.49 Å². The molecule has 2 rings (SSSR count). The van der Waals surface area contributed by atoms with Crippen molar-refractivity contribution < 1.29 is 4.79 Å².